The third-order valence-electron chi connectivity index (χ3n) is 1.84. The number of methoxy groups -OCH3 is 1. The van der Waals surface area contributed by atoms with Gasteiger partial charge in [0.1, 0.15) is 6.61 Å². The Morgan fingerprint density at radius 2 is 2.12 bits per heavy atom. The molecule has 0 amide bonds. The highest BCUT2D eigenvalue weighted by molar-refractivity contribution is 9.10. The Balaban J connectivity index is 2.27. The summed E-state index contributed by atoms with van der Waals surface area (Å²) in [6.07, 6.45) is 0. The summed E-state index contributed by atoms with van der Waals surface area (Å²) in [6, 6.07) is 0.207. The molecule has 0 aliphatic heterocycles. The van der Waals surface area contributed by atoms with Gasteiger partial charge < -0.3 is 20.2 Å². The number of ether oxygens (including phenoxy) is 2. The second-order valence-corrected chi connectivity index (χ2v) is 3.71. The van der Waals surface area contributed by atoms with Gasteiger partial charge in [0.25, 0.3) is 0 Å². The number of nitrogens with one attached hydrogen (secondary N) is 1. The highest BCUT2D eigenvalue weighted by atomic mass is 79.9. The molecule has 7 nitrogen and oxygen atoms in total. The van der Waals surface area contributed by atoms with E-state index in [2.05, 4.69) is 35.9 Å². The van der Waals surface area contributed by atoms with Crippen molar-refractivity contribution in [2.45, 2.75) is 0 Å². The summed E-state index contributed by atoms with van der Waals surface area (Å²) in [5, 5.41) is 0. The first-order chi connectivity index (χ1) is 7.70. The molecular formula is C8H10BrN5O2. The minimum atomic E-state index is 0.207. The second kappa shape index (κ2) is 4.62. The number of imidazole rings is 1. The average molecular weight is 288 g/mol. The minimum absolute atomic E-state index is 0.207. The third kappa shape index (κ3) is 2.22. The van der Waals surface area contributed by atoms with Gasteiger partial charge in [-0.05, 0) is 15.9 Å². The van der Waals surface area contributed by atoms with Crippen LogP contribution in [-0.4, -0.2) is 40.3 Å². The molecule has 0 saturated heterocycles. The maximum Gasteiger partial charge on any atom is 0.320 e. The summed E-state index contributed by atoms with van der Waals surface area (Å²) < 4.78 is 10.7. The summed E-state index contributed by atoms with van der Waals surface area (Å²) in [5.74, 6) is 0.277. The van der Waals surface area contributed by atoms with Gasteiger partial charge in [-0.15, -0.1) is 0 Å². The Morgan fingerprint density at radius 1 is 1.31 bits per heavy atom. The number of aromatic nitrogens is 4. The van der Waals surface area contributed by atoms with E-state index in [1.54, 1.807) is 7.11 Å². The molecule has 3 N–H and O–H groups in total. The molecule has 2 heterocycles. The molecule has 0 unspecified atom stereocenters. The number of nitrogen functional groups attached to an aromatic ring is 1. The Hall–Kier alpha value is -1.41. The lowest BCUT2D eigenvalue weighted by Gasteiger charge is -2.03. The van der Waals surface area contributed by atoms with E-state index in [1.165, 1.54) is 0 Å². The molecule has 0 aromatic carbocycles. The standard InChI is InChI=1S/C8H10BrN5O2/c1-15-2-3-16-8-12-5(10)4-6(14-8)13-7(9)11-4/h2-3H2,1H3,(H3,10,11,12,13,14). The Morgan fingerprint density at radius 3 is 2.88 bits per heavy atom. The van der Waals surface area contributed by atoms with Crippen molar-refractivity contribution in [2.24, 2.45) is 0 Å². The van der Waals surface area contributed by atoms with Gasteiger partial charge in [-0.2, -0.15) is 9.97 Å². The number of anilines is 1. The van der Waals surface area contributed by atoms with E-state index >= 15 is 0 Å². The molecule has 0 aliphatic rings. The normalized spacial score (nSPS) is 10.9. The molecule has 16 heavy (non-hydrogen) atoms. The van der Waals surface area contributed by atoms with E-state index in [0.29, 0.717) is 29.1 Å². The van der Waals surface area contributed by atoms with Crippen LogP contribution in [0, 0.1) is 0 Å². The number of nitrogens with two attached hydrogens (primary N) is 1. The molecule has 0 fully saturated rings. The second-order valence-electron chi connectivity index (χ2n) is 2.96. The van der Waals surface area contributed by atoms with Crippen molar-refractivity contribution in [1.29, 1.82) is 0 Å². The zero-order valence-electron chi connectivity index (χ0n) is 8.53. The van der Waals surface area contributed by atoms with Gasteiger partial charge in [-0.1, -0.05) is 0 Å². The molecule has 2 aromatic heterocycles. The van der Waals surface area contributed by atoms with Gasteiger partial charge in [-0.3, -0.25) is 0 Å². The molecule has 0 atom stereocenters. The molecule has 2 rings (SSSR count). The third-order valence-corrected chi connectivity index (χ3v) is 2.22. The lowest BCUT2D eigenvalue weighted by atomic mass is 10.5. The first kappa shape index (κ1) is 11.1. The van der Waals surface area contributed by atoms with Crippen molar-refractivity contribution in [1.82, 2.24) is 19.9 Å². The lowest BCUT2D eigenvalue weighted by Crippen LogP contribution is -2.07. The van der Waals surface area contributed by atoms with Crippen LogP contribution in [0.1, 0.15) is 0 Å². The summed E-state index contributed by atoms with van der Waals surface area (Å²) in [7, 11) is 1.59. The topological polar surface area (TPSA) is 98.9 Å². The van der Waals surface area contributed by atoms with Crippen molar-refractivity contribution in [3.05, 3.63) is 4.73 Å². The molecule has 86 valence electrons. The van der Waals surface area contributed by atoms with Crippen LogP contribution in [-0.2, 0) is 4.74 Å². The van der Waals surface area contributed by atoms with E-state index in [-0.39, 0.29) is 11.8 Å². The summed E-state index contributed by atoms with van der Waals surface area (Å²) >= 11 is 3.20. The monoisotopic (exact) mass is 287 g/mol. The molecule has 0 saturated carbocycles. The Bertz CT molecular complexity index is 500. The lowest BCUT2D eigenvalue weighted by molar-refractivity contribution is 0.141. The summed E-state index contributed by atoms with van der Waals surface area (Å²) in [4.78, 5) is 15.1. The number of rotatable bonds is 4. The van der Waals surface area contributed by atoms with Crippen LogP contribution in [0.2, 0.25) is 0 Å². The van der Waals surface area contributed by atoms with Gasteiger partial charge in [0, 0.05) is 7.11 Å². The highest BCUT2D eigenvalue weighted by Gasteiger charge is 2.10. The van der Waals surface area contributed by atoms with Crippen LogP contribution in [0.4, 0.5) is 5.82 Å². The quantitative estimate of drug-likeness (QED) is 0.635. The fourth-order valence-corrected chi connectivity index (χ4v) is 1.52. The van der Waals surface area contributed by atoms with Crippen molar-refractivity contribution in [2.75, 3.05) is 26.1 Å². The molecule has 0 aliphatic carbocycles. The number of aromatic amines is 1. The van der Waals surface area contributed by atoms with Crippen LogP contribution in [0.5, 0.6) is 6.01 Å². The first-order valence-corrected chi connectivity index (χ1v) is 5.30. The maximum absolute atomic E-state index is 5.71. The van der Waals surface area contributed by atoms with Crippen LogP contribution in [0.3, 0.4) is 0 Å². The Labute approximate surface area is 99.5 Å². The van der Waals surface area contributed by atoms with E-state index in [4.69, 9.17) is 15.2 Å². The van der Waals surface area contributed by atoms with Gasteiger partial charge in [0.15, 0.2) is 21.7 Å². The molecule has 0 bridgehead atoms. The van der Waals surface area contributed by atoms with E-state index in [1.807, 2.05) is 0 Å². The van der Waals surface area contributed by atoms with Crippen LogP contribution in [0.15, 0.2) is 4.73 Å². The molecule has 0 radical (unpaired) electrons. The van der Waals surface area contributed by atoms with Crippen molar-refractivity contribution in [3.63, 3.8) is 0 Å². The number of hydrogen-bond donors (Lipinski definition) is 2. The van der Waals surface area contributed by atoms with Crippen LogP contribution >= 0.6 is 15.9 Å². The van der Waals surface area contributed by atoms with Crippen molar-refractivity contribution >= 4 is 32.9 Å². The molecule has 8 heteroatoms. The SMILES string of the molecule is COCCOc1nc(N)c2nc(Br)[nH]c2n1. The van der Waals surface area contributed by atoms with Crippen molar-refractivity contribution in [3.8, 4) is 6.01 Å². The average Bonchev–Trinajstić information content (AvgIpc) is 2.60. The zero-order valence-corrected chi connectivity index (χ0v) is 10.1. The largest absolute Gasteiger partial charge is 0.461 e. The first-order valence-electron chi connectivity index (χ1n) is 4.51. The fraction of sp³-hybridized carbons (Fsp3) is 0.375. The zero-order chi connectivity index (χ0) is 11.5. The van der Waals surface area contributed by atoms with Gasteiger partial charge in [0.2, 0.25) is 0 Å². The Kier molecular flexibility index (Phi) is 3.20. The number of fused-ring (bicyclic) bond motifs is 1. The summed E-state index contributed by atoms with van der Waals surface area (Å²) in [5.41, 5.74) is 6.76. The van der Waals surface area contributed by atoms with Gasteiger partial charge in [-0.25, -0.2) is 4.98 Å². The smallest absolute Gasteiger partial charge is 0.320 e. The predicted octanol–water partition coefficient (Wildman–Crippen LogP) is 0.723. The van der Waals surface area contributed by atoms with E-state index in [9.17, 15) is 0 Å². The van der Waals surface area contributed by atoms with Crippen LogP contribution < -0.4 is 10.5 Å². The number of hydrogen-bond acceptors (Lipinski definition) is 6. The predicted molar refractivity (Wildman–Crippen MR) is 61.2 cm³/mol. The molecule has 2 aromatic rings. The maximum atomic E-state index is 5.71. The minimum Gasteiger partial charge on any atom is -0.461 e. The van der Waals surface area contributed by atoms with Crippen molar-refractivity contribution < 1.29 is 9.47 Å². The van der Waals surface area contributed by atoms with E-state index in [0.717, 1.165) is 0 Å². The van der Waals surface area contributed by atoms with Gasteiger partial charge >= 0.3 is 6.01 Å². The van der Waals surface area contributed by atoms with Gasteiger partial charge in [0.05, 0.1) is 6.61 Å². The number of nitrogens with zero attached hydrogens (tertiary/aromatic N) is 3. The molecular weight excluding hydrogens is 278 g/mol. The fourth-order valence-electron chi connectivity index (χ4n) is 1.15. The molecule has 0 spiro atoms. The highest BCUT2D eigenvalue weighted by Crippen LogP contribution is 2.20. The number of halogens is 1. The number of H-pyrrole nitrogens is 1. The van der Waals surface area contributed by atoms with Crippen LogP contribution in [0.25, 0.3) is 11.2 Å². The summed E-state index contributed by atoms with van der Waals surface area (Å²) in [6.45, 7) is 0.838. The van der Waals surface area contributed by atoms with E-state index < -0.39 is 0 Å².